The van der Waals surface area contributed by atoms with Crippen LogP contribution in [0, 0.1) is 0 Å². The molecular weight excluding hydrogens is 420 g/mol. The summed E-state index contributed by atoms with van der Waals surface area (Å²) in [5.41, 5.74) is 7.40. The van der Waals surface area contributed by atoms with Crippen molar-refractivity contribution in [1.29, 1.82) is 0 Å². The second-order valence-corrected chi connectivity index (χ2v) is 8.06. The monoisotopic (exact) mass is 442 g/mol. The maximum Gasteiger partial charge on any atom is 0.269 e. The predicted molar refractivity (Wildman–Crippen MR) is 123 cm³/mol. The molecule has 0 radical (unpaired) electrons. The van der Waals surface area contributed by atoms with E-state index in [9.17, 15) is 14.4 Å². The lowest BCUT2D eigenvalue weighted by Gasteiger charge is -2.13. The van der Waals surface area contributed by atoms with E-state index in [2.05, 4.69) is 15.4 Å². The zero-order chi connectivity index (χ0) is 22.9. The summed E-state index contributed by atoms with van der Waals surface area (Å²) in [5.74, 6) is -0.108. The topological polar surface area (TPSA) is 125 Å². The highest BCUT2D eigenvalue weighted by molar-refractivity contribution is 5.91. The molecule has 0 aliphatic heterocycles. The van der Waals surface area contributed by atoms with Gasteiger partial charge in [-0.05, 0) is 55.3 Å². The van der Waals surface area contributed by atoms with Crippen LogP contribution in [0.1, 0.15) is 41.6 Å². The van der Waals surface area contributed by atoms with Gasteiger partial charge in [-0.25, -0.2) is 9.67 Å². The van der Waals surface area contributed by atoms with Crippen LogP contribution in [0.15, 0.2) is 65.6 Å². The molecule has 4 aromatic rings. The molecule has 1 saturated carbocycles. The molecule has 0 atom stereocenters. The lowest BCUT2D eigenvalue weighted by Crippen LogP contribution is -2.25. The number of para-hydroxylation sites is 1. The summed E-state index contributed by atoms with van der Waals surface area (Å²) in [5, 5.41) is 7.59. The normalized spacial score (nSPS) is 13.2. The number of primary amides is 1. The van der Waals surface area contributed by atoms with E-state index >= 15 is 0 Å². The molecule has 0 unspecified atom stereocenters. The number of carbonyl (C=O) groups is 2. The fraction of sp³-hybridized carbons (Fsp3) is 0.208. The first-order valence-corrected chi connectivity index (χ1v) is 10.8. The molecular formula is C24H22N6O3. The van der Waals surface area contributed by atoms with Crippen molar-refractivity contribution >= 4 is 28.4 Å². The van der Waals surface area contributed by atoms with Crippen LogP contribution in [-0.4, -0.2) is 31.1 Å². The Labute approximate surface area is 188 Å². The Morgan fingerprint density at radius 2 is 1.82 bits per heavy atom. The van der Waals surface area contributed by atoms with Gasteiger partial charge >= 0.3 is 0 Å². The third kappa shape index (κ3) is 4.25. The number of anilines is 1. The van der Waals surface area contributed by atoms with E-state index in [0.717, 1.165) is 18.5 Å². The molecule has 1 aliphatic rings. The van der Waals surface area contributed by atoms with Gasteiger partial charge in [-0.2, -0.15) is 5.10 Å². The Morgan fingerprint density at radius 3 is 2.52 bits per heavy atom. The van der Waals surface area contributed by atoms with Gasteiger partial charge in [0.1, 0.15) is 11.5 Å². The van der Waals surface area contributed by atoms with E-state index < -0.39 is 5.91 Å². The lowest BCUT2D eigenvalue weighted by molar-refractivity contribution is -0.116. The molecule has 0 saturated heterocycles. The summed E-state index contributed by atoms with van der Waals surface area (Å²) in [6.45, 7) is 0. The van der Waals surface area contributed by atoms with E-state index in [1.54, 1.807) is 47.2 Å². The van der Waals surface area contributed by atoms with Crippen LogP contribution in [0.2, 0.25) is 0 Å². The van der Waals surface area contributed by atoms with Gasteiger partial charge in [-0.3, -0.25) is 19.0 Å². The Bertz CT molecular complexity index is 1420. The van der Waals surface area contributed by atoms with Crippen molar-refractivity contribution in [1.82, 2.24) is 19.3 Å². The Morgan fingerprint density at radius 1 is 1.06 bits per heavy atom. The van der Waals surface area contributed by atoms with Gasteiger partial charge in [-0.1, -0.05) is 12.1 Å². The van der Waals surface area contributed by atoms with Crippen molar-refractivity contribution in [2.75, 3.05) is 5.32 Å². The van der Waals surface area contributed by atoms with Crippen molar-refractivity contribution in [3.63, 3.8) is 0 Å². The fourth-order valence-electron chi connectivity index (χ4n) is 3.82. The van der Waals surface area contributed by atoms with Gasteiger partial charge in [0.25, 0.3) is 11.5 Å². The first kappa shape index (κ1) is 20.6. The average Bonchev–Trinajstić information content (AvgIpc) is 3.52. The first-order chi connectivity index (χ1) is 16.0. The molecule has 0 bridgehead atoms. The molecule has 33 heavy (non-hydrogen) atoms. The van der Waals surface area contributed by atoms with Crippen LogP contribution in [-0.2, 0) is 11.2 Å². The summed E-state index contributed by atoms with van der Waals surface area (Å²) < 4.78 is 3.29. The number of nitrogens with two attached hydrogens (primary N) is 1. The average molecular weight is 442 g/mol. The maximum atomic E-state index is 12.9. The fourth-order valence-corrected chi connectivity index (χ4v) is 3.82. The van der Waals surface area contributed by atoms with Crippen molar-refractivity contribution in [2.24, 2.45) is 5.73 Å². The van der Waals surface area contributed by atoms with Crippen LogP contribution in [0.5, 0.6) is 0 Å². The number of hydrogen-bond donors (Lipinski definition) is 2. The third-order valence-corrected chi connectivity index (χ3v) is 5.63. The molecule has 2 amide bonds. The van der Waals surface area contributed by atoms with Crippen LogP contribution in [0.3, 0.4) is 0 Å². The quantitative estimate of drug-likeness (QED) is 0.455. The molecule has 5 rings (SSSR count). The van der Waals surface area contributed by atoms with Gasteiger partial charge in [0.05, 0.1) is 16.6 Å². The number of nitrogens with one attached hydrogen (secondary N) is 1. The number of aromatic nitrogens is 4. The Hall–Kier alpha value is -4.27. The van der Waals surface area contributed by atoms with Crippen LogP contribution in [0.25, 0.3) is 16.6 Å². The summed E-state index contributed by atoms with van der Waals surface area (Å²) >= 11 is 0. The molecule has 0 spiro atoms. The number of carbonyl (C=O) groups excluding carboxylic acids is 2. The first-order valence-electron chi connectivity index (χ1n) is 10.8. The smallest absolute Gasteiger partial charge is 0.269 e. The summed E-state index contributed by atoms with van der Waals surface area (Å²) in [6.07, 6.45) is 4.15. The number of rotatable bonds is 7. The molecule has 3 N–H and O–H groups in total. The van der Waals surface area contributed by atoms with Gasteiger partial charge in [0.15, 0.2) is 0 Å². The molecule has 9 heteroatoms. The van der Waals surface area contributed by atoms with Crippen LogP contribution < -0.4 is 16.6 Å². The number of benzene rings is 2. The van der Waals surface area contributed by atoms with Crippen molar-refractivity contribution in [2.45, 2.75) is 31.7 Å². The number of amides is 2. The minimum atomic E-state index is -0.592. The zero-order valence-electron chi connectivity index (χ0n) is 17.8. The molecule has 2 heterocycles. The number of fused-ring (bicyclic) bond motifs is 1. The van der Waals surface area contributed by atoms with E-state index in [-0.39, 0.29) is 29.6 Å². The highest BCUT2D eigenvalue weighted by atomic mass is 16.2. The van der Waals surface area contributed by atoms with Gasteiger partial charge < -0.3 is 11.1 Å². The summed E-state index contributed by atoms with van der Waals surface area (Å²) in [7, 11) is 0. The third-order valence-electron chi connectivity index (χ3n) is 5.63. The maximum absolute atomic E-state index is 12.9. The minimum Gasteiger partial charge on any atom is -0.364 e. The number of nitrogens with zero attached hydrogens (tertiary/aromatic N) is 4. The number of aryl methyl sites for hydroxylation is 1. The van der Waals surface area contributed by atoms with Crippen LogP contribution in [0.4, 0.5) is 5.69 Å². The van der Waals surface area contributed by atoms with Gasteiger partial charge in [0.2, 0.25) is 5.91 Å². The van der Waals surface area contributed by atoms with E-state index in [1.807, 2.05) is 18.2 Å². The van der Waals surface area contributed by atoms with Gasteiger partial charge in [0, 0.05) is 30.8 Å². The van der Waals surface area contributed by atoms with Crippen molar-refractivity contribution in [3.8, 4) is 5.69 Å². The highest BCUT2D eigenvalue weighted by Crippen LogP contribution is 2.35. The van der Waals surface area contributed by atoms with E-state index in [4.69, 9.17) is 5.73 Å². The molecule has 1 fully saturated rings. The zero-order valence-corrected chi connectivity index (χ0v) is 17.8. The van der Waals surface area contributed by atoms with Crippen molar-refractivity contribution < 1.29 is 9.59 Å². The molecule has 2 aromatic carbocycles. The van der Waals surface area contributed by atoms with Gasteiger partial charge in [-0.15, -0.1) is 0 Å². The predicted octanol–water partition coefficient (Wildman–Crippen LogP) is 2.59. The highest BCUT2D eigenvalue weighted by Gasteiger charge is 2.28. The van der Waals surface area contributed by atoms with Crippen LogP contribution >= 0.6 is 0 Å². The Balaban J connectivity index is 1.27. The van der Waals surface area contributed by atoms with E-state index in [0.29, 0.717) is 28.8 Å². The molecule has 2 aromatic heterocycles. The number of hydrogen-bond acceptors (Lipinski definition) is 5. The SMILES string of the molecule is NC(=O)c1ccn(-c2ccc(NC(=O)CCc3nc4ccccc4c(=O)n3C3CC3)cc2)n1. The standard InChI is InChI=1S/C24H22N6O3/c25-23(32)20-13-14-29(28-20)16-7-5-15(6-8-16)26-22(31)12-11-21-27-19-4-2-1-3-18(19)24(33)30(21)17-9-10-17/h1-8,13-14,17H,9-12H2,(H2,25,32)(H,26,31). The summed E-state index contributed by atoms with van der Waals surface area (Å²) in [6, 6.07) is 16.1. The second kappa shape index (κ2) is 8.34. The van der Waals surface area contributed by atoms with E-state index in [1.165, 1.54) is 4.68 Å². The second-order valence-electron chi connectivity index (χ2n) is 8.06. The summed E-state index contributed by atoms with van der Waals surface area (Å²) in [4.78, 5) is 41.4. The molecule has 9 nitrogen and oxygen atoms in total. The largest absolute Gasteiger partial charge is 0.364 e. The Kier molecular flexibility index (Phi) is 5.21. The lowest BCUT2D eigenvalue weighted by atomic mass is 10.2. The molecule has 1 aliphatic carbocycles. The molecule has 166 valence electrons. The minimum absolute atomic E-state index is 0.0350. The van der Waals surface area contributed by atoms with Crippen molar-refractivity contribution in [3.05, 3.63) is 82.7 Å².